The quantitative estimate of drug-likeness (QED) is 0.640. The second kappa shape index (κ2) is 3.38. The molecule has 3 rings (SSSR count). The Labute approximate surface area is 100.0 Å². The van der Waals surface area contributed by atoms with Crippen LogP contribution in [0, 0.1) is 0 Å². The molecule has 0 unspecified atom stereocenters. The van der Waals surface area contributed by atoms with Crippen LogP contribution < -0.4 is 5.73 Å². The van der Waals surface area contributed by atoms with Gasteiger partial charge >= 0.3 is 0 Å². The van der Waals surface area contributed by atoms with E-state index >= 15 is 0 Å². The van der Waals surface area contributed by atoms with Crippen LogP contribution in [-0.4, -0.2) is 15.2 Å². The number of hydrogen-bond donors (Lipinski definition) is 3. The van der Waals surface area contributed by atoms with Crippen LogP contribution in [0.4, 0.5) is 5.82 Å². The Hall–Kier alpha value is -1.75. The van der Waals surface area contributed by atoms with Gasteiger partial charge in [0, 0.05) is 27.1 Å². The van der Waals surface area contributed by atoms with Crippen LogP contribution in [0.1, 0.15) is 0 Å². The van der Waals surface area contributed by atoms with Crippen LogP contribution in [0.25, 0.3) is 22.0 Å². The Balaban J connectivity index is 2.39. The highest BCUT2D eigenvalue weighted by Crippen LogP contribution is 2.35. The predicted molar refractivity (Wildman–Crippen MR) is 68.0 cm³/mol. The predicted octanol–water partition coefficient (Wildman–Crippen LogP) is 2.90. The zero-order valence-corrected chi connectivity index (χ0v) is 9.88. The molecule has 80 valence electrons. The first-order valence-electron chi connectivity index (χ1n) is 4.82. The molecule has 0 aliphatic carbocycles. The lowest BCUT2D eigenvalue weighted by Crippen LogP contribution is -1.88. The fourth-order valence-electron chi connectivity index (χ4n) is 1.88. The summed E-state index contributed by atoms with van der Waals surface area (Å²) in [5.41, 5.74) is 8.90. The van der Waals surface area contributed by atoms with Gasteiger partial charge in [-0.05, 0) is 27.6 Å². The van der Waals surface area contributed by atoms with Crippen molar-refractivity contribution in [1.29, 1.82) is 0 Å². The molecule has 0 radical (unpaired) electrons. The highest BCUT2D eigenvalue weighted by molar-refractivity contribution is 9.10. The Morgan fingerprint density at radius 2 is 2.12 bits per heavy atom. The third kappa shape index (κ3) is 1.25. The topological polar surface area (TPSA) is 70.5 Å². The van der Waals surface area contributed by atoms with E-state index < -0.39 is 0 Å². The number of nitrogens with zero attached hydrogens (tertiary/aromatic N) is 1. The largest absolute Gasteiger partial charge is 0.384 e. The van der Waals surface area contributed by atoms with Crippen molar-refractivity contribution in [2.45, 2.75) is 0 Å². The molecule has 0 bridgehead atoms. The average molecular weight is 277 g/mol. The van der Waals surface area contributed by atoms with Crippen LogP contribution in [0.3, 0.4) is 0 Å². The van der Waals surface area contributed by atoms with Gasteiger partial charge in [0.1, 0.15) is 5.82 Å². The number of rotatable bonds is 1. The molecule has 0 aliphatic rings. The van der Waals surface area contributed by atoms with Crippen molar-refractivity contribution in [1.82, 2.24) is 15.2 Å². The summed E-state index contributed by atoms with van der Waals surface area (Å²) in [7, 11) is 0. The number of aromatic amines is 2. The Morgan fingerprint density at radius 1 is 1.25 bits per heavy atom. The number of hydrogen-bond acceptors (Lipinski definition) is 2. The summed E-state index contributed by atoms with van der Waals surface area (Å²) in [6.45, 7) is 0. The average Bonchev–Trinajstić information content (AvgIpc) is 2.86. The van der Waals surface area contributed by atoms with Crippen LogP contribution in [0.15, 0.2) is 35.1 Å². The summed E-state index contributed by atoms with van der Waals surface area (Å²) in [4.78, 5) is 3.19. The standard InChI is InChI=1S/C11H9BrN4/c12-8-5-14-9-3-1-2-6(10(8)9)7-4-15-16-11(7)13/h1-5,14H,(H3,13,15,16). The highest BCUT2D eigenvalue weighted by atomic mass is 79.9. The molecule has 5 heteroatoms. The van der Waals surface area contributed by atoms with Crippen LogP contribution in [0.2, 0.25) is 0 Å². The van der Waals surface area contributed by atoms with E-state index in [0.29, 0.717) is 5.82 Å². The van der Waals surface area contributed by atoms with Gasteiger partial charge in [0.2, 0.25) is 0 Å². The van der Waals surface area contributed by atoms with Crippen LogP contribution in [0.5, 0.6) is 0 Å². The number of anilines is 1. The molecule has 1 aromatic carbocycles. The van der Waals surface area contributed by atoms with Crippen molar-refractivity contribution < 1.29 is 0 Å². The third-order valence-electron chi connectivity index (χ3n) is 2.62. The summed E-state index contributed by atoms with van der Waals surface area (Å²) >= 11 is 3.53. The van der Waals surface area contributed by atoms with Crippen molar-refractivity contribution in [2.75, 3.05) is 5.73 Å². The number of halogens is 1. The summed E-state index contributed by atoms with van der Waals surface area (Å²) in [6, 6.07) is 6.05. The second-order valence-electron chi connectivity index (χ2n) is 3.56. The lowest BCUT2D eigenvalue weighted by Gasteiger charge is -2.02. The van der Waals surface area contributed by atoms with Gasteiger partial charge in [0.25, 0.3) is 0 Å². The van der Waals surface area contributed by atoms with E-state index in [4.69, 9.17) is 5.73 Å². The van der Waals surface area contributed by atoms with Gasteiger partial charge in [-0.15, -0.1) is 0 Å². The second-order valence-corrected chi connectivity index (χ2v) is 4.42. The molecule has 4 nitrogen and oxygen atoms in total. The van der Waals surface area contributed by atoms with Gasteiger partial charge in [0.05, 0.1) is 6.20 Å². The normalized spacial score (nSPS) is 11.1. The Morgan fingerprint density at radius 3 is 2.88 bits per heavy atom. The lowest BCUT2D eigenvalue weighted by molar-refractivity contribution is 1.10. The summed E-state index contributed by atoms with van der Waals surface area (Å²) in [5, 5.41) is 7.81. The third-order valence-corrected chi connectivity index (χ3v) is 3.24. The van der Waals surface area contributed by atoms with E-state index in [-0.39, 0.29) is 0 Å². The van der Waals surface area contributed by atoms with Crippen molar-refractivity contribution in [3.63, 3.8) is 0 Å². The number of nitrogens with two attached hydrogens (primary N) is 1. The van der Waals surface area contributed by atoms with E-state index in [0.717, 1.165) is 26.5 Å². The maximum atomic E-state index is 5.84. The minimum Gasteiger partial charge on any atom is -0.384 e. The molecule has 0 saturated carbocycles. The first-order valence-corrected chi connectivity index (χ1v) is 5.61. The molecule has 0 spiro atoms. The Bertz CT molecular complexity index is 653. The number of H-pyrrole nitrogens is 2. The van der Waals surface area contributed by atoms with Crippen molar-refractivity contribution in [3.05, 3.63) is 35.1 Å². The Kier molecular flexibility index (Phi) is 2.00. The molecule has 3 aromatic rings. The van der Waals surface area contributed by atoms with Crippen LogP contribution in [-0.2, 0) is 0 Å². The van der Waals surface area contributed by atoms with Gasteiger partial charge in [-0.2, -0.15) is 5.10 Å². The molecule has 4 N–H and O–H groups in total. The zero-order valence-electron chi connectivity index (χ0n) is 8.29. The van der Waals surface area contributed by atoms with Gasteiger partial charge < -0.3 is 10.7 Å². The number of aromatic nitrogens is 3. The van der Waals surface area contributed by atoms with Crippen molar-refractivity contribution in [2.24, 2.45) is 0 Å². The fourth-order valence-corrected chi connectivity index (χ4v) is 2.42. The molecular weight excluding hydrogens is 268 g/mol. The fraction of sp³-hybridized carbons (Fsp3) is 0. The van der Waals surface area contributed by atoms with Gasteiger partial charge in [-0.3, -0.25) is 5.10 Å². The van der Waals surface area contributed by atoms with Gasteiger partial charge in [-0.1, -0.05) is 12.1 Å². The lowest BCUT2D eigenvalue weighted by atomic mass is 10.0. The summed E-state index contributed by atoms with van der Waals surface area (Å²) in [5.74, 6) is 0.584. The van der Waals surface area contributed by atoms with Crippen molar-refractivity contribution >= 4 is 32.7 Å². The zero-order chi connectivity index (χ0) is 11.1. The van der Waals surface area contributed by atoms with Crippen LogP contribution >= 0.6 is 15.9 Å². The van der Waals surface area contributed by atoms with Crippen molar-refractivity contribution in [3.8, 4) is 11.1 Å². The number of fused-ring (bicyclic) bond motifs is 1. The minimum atomic E-state index is 0.584. The molecule has 16 heavy (non-hydrogen) atoms. The molecular formula is C11H9BrN4. The smallest absolute Gasteiger partial charge is 0.126 e. The summed E-state index contributed by atoms with van der Waals surface area (Å²) < 4.78 is 1.03. The first-order chi connectivity index (χ1) is 7.77. The molecule has 0 fully saturated rings. The van der Waals surface area contributed by atoms with E-state index in [1.807, 2.05) is 24.4 Å². The van der Waals surface area contributed by atoms with Gasteiger partial charge in [0.15, 0.2) is 0 Å². The maximum absolute atomic E-state index is 5.84. The highest BCUT2D eigenvalue weighted by Gasteiger charge is 2.11. The number of benzene rings is 1. The van der Waals surface area contributed by atoms with E-state index in [2.05, 4.69) is 31.1 Å². The van der Waals surface area contributed by atoms with E-state index in [9.17, 15) is 0 Å². The monoisotopic (exact) mass is 276 g/mol. The molecule has 0 saturated heterocycles. The molecule has 2 heterocycles. The molecule has 0 atom stereocenters. The van der Waals surface area contributed by atoms with E-state index in [1.54, 1.807) is 6.20 Å². The number of nitrogen functional groups attached to an aromatic ring is 1. The number of nitrogens with one attached hydrogen (secondary N) is 2. The molecule has 2 aromatic heterocycles. The SMILES string of the molecule is Nc1[nH]ncc1-c1cccc2[nH]cc(Br)c12. The molecule has 0 aliphatic heterocycles. The van der Waals surface area contributed by atoms with Gasteiger partial charge in [-0.25, -0.2) is 0 Å². The summed E-state index contributed by atoms with van der Waals surface area (Å²) in [6.07, 6.45) is 3.66. The van der Waals surface area contributed by atoms with E-state index in [1.165, 1.54) is 0 Å². The minimum absolute atomic E-state index is 0.584. The molecule has 0 amide bonds. The first kappa shape index (κ1) is 9.47. The maximum Gasteiger partial charge on any atom is 0.126 e.